The van der Waals surface area contributed by atoms with Gasteiger partial charge < -0.3 is 4.90 Å². The van der Waals surface area contributed by atoms with Crippen molar-refractivity contribution >= 4 is 11.6 Å². The molecule has 0 fully saturated rings. The van der Waals surface area contributed by atoms with E-state index in [9.17, 15) is 18.0 Å². The number of nitrogens with zero attached hydrogens (tertiary/aromatic N) is 1. The van der Waals surface area contributed by atoms with E-state index in [1.165, 1.54) is 41.3 Å². The molecule has 20 heavy (non-hydrogen) atoms. The van der Waals surface area contributed by atoms with Gasteiger partial charge >= 0.3 is 0 Å². The molecule has 2 nitrogen and oxygen atoms in total. The molecule has 2 rings (SSSR count). The summed E-state index contributed by atoms with van der Waals surface area (Å²) in [6.45, 7) is 1.94. The summed E-state index contributed by atoms with van der Waals surface area (Å²) in [5.41, 5.74) is 0.0683. The zero-order valence-electron chi connectivity index (χ0n) is 10.7. The van der Waals surface area contributed by atoms with Gasteiger partial charge in [-0.1, -0.05) is 6.07 Å². The van der Waals surface area contributed by atoms with E-state index < -0.39 is 23.4 Å². The Kier molecular flexibility index (Phi) is 4.08. The van der Waals surface area contributed by atoms with Crippen LogP contribution in [0.3, 0.4) is 0 Å². The van der Waals surface area contributed by atoms with Crippen LogP contribution in [0.4, 0.5) is 18.9 Å². The van der Waals surface area contributed by atoms with Crippen LogP contribution in [-0.2, 0) is 0 Å². The van der Waals surface area contributed by atoms with Crippen molar-refractivity contribution in [1.82, 2.24) is 0 Å². The summed E-state index contributed by atoms with van der Waals surface area (Å²) in [6.07, 6.45) is 0. The maximum Gasteiger partial charge on any atom is 0.261 e. The van der Waals surface area contributed by atoms with Crippen molar-refractivity contribution in [1.29, 1.82) is 0 Å². The monoisotopic (exact) mass is 279 g/mol. The van der Waals surface area contributed by atoms with Gasteiger partial charge in [-0.3, -0.25) is 4.79 Å². The van der Waals surface area contributed by atoms with E-state index in [0.717, 1.165) is 6.07 Å². The Hall–Kier alpha value is -2.30. The molecule has 104 valence electrons. The van der Waals surface area contributed by atoms with Crippen LogP contribution in [-0.4, -0.2) is 12.5 Å². The van der Waals surface area contributed by atoms with Gasteiger partial charge in [-0.05, 0) is 43.3 Å². The maximum absolute atomic E-state index is 13.6. The molecule has 0 saturated heterocycles. The molecule has 2 aromatic rings. The average molecular weight is 279 g/mol. The van der Waals surface area contributed by atoms with Gasteiger partial charge in [0.05, 0.1) is 5.56 Å². The minimum Gasteiger partial charge on any atom is -0.309 e. The van der Waals surface area contributed by atoms with E-state index in [0.29, 0.717) is 5.69 Å². The molecule has 5 heteroatoms. The molecule has 0 aliphatic carbocycles. The molecular formula is C15H12F3NO. The molecule has 0 bridgehead atoms. The number of amides is 1. The average Bonchev–Trinajstić information content (AvgIpc) is 2.44. The van der Waals surface area contributed by atoms with Crippen LogP contribution >= 0.6 is 0 Å². The highest BCUT2D eigenvalue weighted by atomic mass is 19.2. The minimum absolute atomic E-state index is 0.250. The first-order chi connectivity index (χ1) is 9.54. The molecule has 2 aromatic carbocycles. The number of hydrogen-bond acceptors (Lipinski definition) is 1. The standard InChI is InChI=1S/C15H12F3NO/c1-2-19(11-8-6-10(16)7-9-11)15(20)12-4-3-5-13(17)14(12)18/h3-9H,2H2,1H3. The molecule has 1 amide bonds. The SMILES string of the molecule is CCN(C(=O)c1cccc(F)c1F)c1ccc(F)cc1. The van der Waals surface area contributed by atoms with E-state index >= 15 is 0 Å². The van der Waals surface area contributed by atoms with Crippen LogP contribution in [0.5, 0.6) is 0 Å². The summed E-state index contributed by atoms with van der Waals surface area (Å²) >= 11 is 0. The zero-order valence-corrected chi connectivity index (χ0v) is 10.7. The van der Waals surface area contributed by atoms with Gasteiger partial charge in [0, 0.05) is 12.2 Å². The van der Waals surface area contributed by atoms with Crippen molar-refractivity contribution in [3.8, 4) is 0 Å². The molecule has 0 heterocycles. The quantitative estimate of drug-likeness (QED) is 0.837. The second kappa shape index (κ2) is 5.77. The Bertz CT molecular complexity index is 626. The Balaban J connectivity index is 2.39. The lowest BCUT2D eigenvalue weighted by Gasteiger charge is -2.21. The van der Waals surface area contributed by atoms with Gasteiger partial charge in [-0.25, -0.2) is 13.2 Å². The van der Waals surface area contributed by atoms with E-state index in [1.807, 2.05) is 0 Å². The third-order valence-corrected chi connectivity index (χ3v) is 2.88. The molecule has 0 aliphatic rings. The molecule has 0 aromatic heterocycles. The van der Waals surface area contributed by atoms with Crippen molar-refractivity contribution in [2.75, 3.05) is 11.4 Å². The Morgan fingerprint density at radius 3 is 2.30 bits per heavy atom. The number of hydrogen-bond donors (Lipinski definition) is 0. The zero-order chi connectivity index (χ0) is 14.7. The number of anilines is 1. The van der Waals surface area contributed by atoms with Gasteiger partial charge in [-0.15, -0.1) is 0 Å². The van der Waals surface area contributed by atoms with Crippen LogP contribution in [0, 0.1) is 17.5 Å². The lowest BCUT2D eigenvalue weighted by molar-refractivity contribution is 0.0983. The normalized spacial score (nSPS) is 10.4. The molecule has 0 unspecified atom stereocenters. The highest BCUT2D eigenvalue weighted by molar-refractivity contribution is 6.06. The summed E-state index contributed by atoms with van der Waals surface area (Å²) < 4.78 is 39.7. The van der Waals surface area contributed by atoms with Gasteiger partial charge in [0.25, 0.3) is 5.91 Å². The molecule has 0 atom stereocenters. The number of halogens is 3. The van der Waals surface area contributed by atoms with Crippen molar-refractivity contribution in [2.45, 2.75) is 6.92 Å². The second-order valence-electron chi connectivity index (χ2n) is 4.13. The predicted molar refractivity (Wildman–Crippen MR) is 70.1 cm³/mol. The van der Waals surface area contributed by atoms with Gasteiger partial charge in [0.1, 0.15) is 5.82 Å². The van der Waals surface area contributed by atoms with E-state index in [-0.39, 0.29) is 12.1 Å². The lowest BCUT2D eigenvalue weighted by atomic mass is 10.1. The summed E-state index contributed by atoms with van der Waals surface area (Å²) in [4.78, 5) is 13.5. The summed E-state index contributed by atoms with van der Waals surface area (Å²) in [7, 11) is 0. The first kappa shape index (κ1) is 14.1. The topological polar surface area (TPSA) is 20.3 Å². The molecule has 0 aliphatic heterocycles. The van der Waals surface area contributed by atoms with E-state index in [4.69, 9.17) is 0 Å². The Labute approximate surface area is 114 Å². The summed E-state index contributed by atoms with van der Waals surface area (Å²) in [5, 5.41) is 0. The Morgan fingerprint density at radius 1 is 1.05 bits per heavy atom. The van der Waals surface area contributed by atoms with Crippen molar-refractivity contribution < 1.29 is 18.0 Å². The number of carbonyl (C=O) groups is 1. The van der Waals surface area contributed by atoms with E-state index in [1.54, 1.807) is 6.92 Å². The molecule has 0 saturated carbocycles. The fourth-order valence-corrected chi connectivity index (χ4v) is 1.88. The van der Waals surface area contributed by atoms with Crippen LogP contribution < -0.4 is 4.90 Å². The molecular weight excluding hydrogens is 267 g/mol. The molecule has 0 spiro atoms. The number of rotatable bonds is 3. The molecule has 0 radical (unpaired) electrons. The summed E-state index contributed by atoms with van der Waals surface area (Å²) in [6, 6.07) is 8.65. The second-order valence-corrected chi connectivity index (χ2v) is 4.13. The van der Waals surface area contributed by atoms with Gasteiger partial charge in [-0.2, -0.15) is 0 Å². The number of carbonyl (C=O) groups excluding carboxylic acids is 1. The lowest BCUT2D eigenvalue weighted by Crippen LogP contribution is -2.31. The third-order valence-electron chi connectivity index (χ3n) is 2.88. The summed E-state index contributed by atoms with van der Waals surface area (Å²) in [5.74, 6) is -3.37. The van der Waals surface area contributed by atoms with Crippen LogP contribution in [0.25, 0.3) is 0 Å². The van der Waals surface area contributed by atoms with Gasteiger partial charge in [0.15, 0.2) is 11.6 Å². The highest BCUT2D eigenvalue weighted by Crippen LogP contribution is 2.20. The van der Waals surface area contributed by atoms with Crippen LogP contribution in [0.2, 0.25) is 0 Å². The highest BCUT2D eigenvalue weighted by Gasteiger charge is 2.21. The van der Waals surface area contributed by atoms with Crippen molar-refractivity contribution in [3.63, 3.8) is 0 Å². The fourth-order valence-electron chi connectivity index (χ4n) is 1.88. The maximum atomic E-state index is 13.6. The largest absolute Gasteiger partial charge is 0.309 e. The van der Waals surface area contributed by atoms with E-state index in [2.05, 4.69) is 0 Å². The van der Waals surface area contributed by atoms with Gasteiger partial charge in [0.2, 0.25) is 0 Å². The van der Waals surface area contributed by atoms with Crippen LogP contribution in [0.15, 0.2) is 42.5 Å². The molecule has 0 N–H and O–H groups in total. The predicted octanol–water partition coefficient (Wildman–Crippen LogP) is 3.77. The third kappa shape index (κ3) is 2.66. The first-order valence-electron chi connectivity index (χ1n) is 6.06. The minimum atomic E-state index is -1.18. The van der Waals surface area contributed by atoms with Crippen molar-refractivity contribution in [2.24, 2.45) is 0 Å². The van der Waals surface area contributed by atoms with Crippen molar-refractivity contribution in [3.05, 3.63) is 65.5 Å². The van der Waals surface area contributed by atoms with Crippen LogP contribution in [0.1, 0.15) is 17.3 Å². The number of benzene rings is 2. The fraction of sp³-hybridized carbons (Fsp3) is 0.133. The first-order valence-corrected chi connectivity index (χ1v) is 6.06. The smallest absolute Gasteiger partial charge is 0.261 e. The Morgan fingerprint density at radius 2 is 1.70 bits per heavy atom.